The lowest BCUT2D eigenvalue weighted by molar-refractivity contribution is 0.780. The van der Waals surface area contributed by atoms with Gasteiger partial charge in [-0.1, -0.05) is 6.92 Å². The van der Waals surface area contributed by atoms with Crippen molar-refractivity contribution in [1.29, 1.82) is 0 Å². The Morgan fingerprint density at radius 1 is 1.31 bits per heavy atom. The van der Waals surface area contributed by atoms with Gasteiger partial charge in [-0.3, -0.25) is 4.98 Å². The number of rotatable bonds is 5. The molecule has 0 atom stereocenters. The zero-order chi connectivity index (χ0) is 12.1. The van der Waals surface area contributed by atoms with Gasteiger partial charge in [-0.25, -0.2) is 0 Å². The molecular formula is C13H23N3. The Hall–Kier alpha value is -1.09. The quantitative estimate of drug-likeness (QED) is 0.830. The summed E-state index contributed by atoms with van der Waals surface area (Å²) in [4.78, 5) is 6.85. The highest BCUT2D eigenvalue weighted by Crippen LogP contribution is 2.23. The van der Waals surface area contributed by atoms with Crippen molar-refractivity contribution in [3.05, 3.63) is 23.0 Å². The van der Waals surface area contributed by atoms with Crippen molar-refractivity contribution in [2.75, 3.05) is 18.0 Å². The SMILES string of the molecule is CCCN(CC)c1cc(C)nc(C)c1CN. The second-order valence-corrected chi connectivity index (χ2v) is 4.13. The van der Waals surface area contributed by atoms with Crippen LogP contribution in [0.2, 0.25) is 0 Å². The predicted molar refractivity (Wildman–Crippen MR) is 69.8 cm³/mol. The summed E-state index contributed by atoms with van der Waals surface area (Å²) >= 11 is 0. The lowest BCUT2D eigenvalue weighted by Gasteiger charge is -2.26. The summed E-state index contributed by atoms with van der Waals surface area (Å²) < 4.78 is 0. The molecule has 0 aromatic carbocycles. The minimum absolute atomic E-state index is 0.564. The van der Waals surface area contributed by atoms with Gasteiger partial charge in [0.1, 0.15) is 0 Å². The van der Waals surface area contributed by atoms with Crippen LogP contribution in [0.1, 0.15) is 37.2 Å². The number of hydrogen-bond acceptors (Lipinski definition) is 3. The monoisotopic (exact) mass is 221 g/mol. The Kier molecular flexibility index (Phi) is 4.74. The van der Waals surface area contributed by atoms with E-state index in [0.717, 1.165) is 30.9 Å². The van der Waals surface area contributed by atoms with Gasteiger partial charge in [0, 0.05) is 42.3 Å². The Labute approximate surface area is 98.7 Å². The second kappa shape index (κ2) is 5.85. The van der Waals surface area contributed by atoms with E-state index in [9.17, 15) is 0 Å². The van der Waals surface area contributed by atoms with Crippen LogP contribution in [0.25, 0.3) is 0 Å². The Morgan fingerprint density at radius 3 is 2.50 bits per heavy atom. The molecule has 0 unspecified atom stereocenters. The van der Waals surface area contributed by atoms with Crippen LogP contribution >= 0.6 is 0 Å². The highest BCUT2D eigenvalue weighted by molar-refractivity contribution is 5.56. The minimum Gasteiger partial charge on any atom is -0.371 e. The average molecular weight is 221 g/mol. The first-order valence-electron chi connectivity index (χ1n) is 6.06. The molecule has 0 amide bonds. The number of nitrogens with two attached hydrogens (primary N) is 1. The van der Waals surface area contributed by atoms with Crippen molar-refractivity contribution >= 4 is 5.69 Å². The molecule has 16 heavy (non-hydrogen) atoms. The van der Waals surface area contributed by atoms with E-state index in [1.807, 2.05) is 13.8 Å². The first-order chi connectivity index (χ1) is 7.63. The fourth-order valence-electron chi connectivity index (χ4n) is 2.09. The molecule has 0 spiro atoms. The van der Waals surface area contributed by atoms with Gasteiger partial charge in [0.15, 0.2) is 0 Å². The smallest absolute Gasteiger partial charge is 0.0448 e. The van der Waals surface area contributed by atoms with Crippen molar-refractivity contribution in [2.24, 2.45) is 5.73 Å². The number of aromatic nitrogens is 1. The van der Waals surface area contributed by atoms with Gasteiger partial charge in [0.05, 0.1) is 0 Å². The zero-order valence-electron chi connectivity index (χ0n) is 10.9. The topological polar surface area (TPSA) is 42.2 Å². The summed E-state index contributed by atoms with van der Waals surface area (Å²) in [5, 5.41) is 0. The largest absolute Gasteiger partial charge is 0.371 e. The van der Waals surface area contributed by atoms with Gasteiger partial charge in [-0.15, -0.1) is 0 Å². The van der Waals surface area contributed by atoms with Gasteiger partial charge < -0.3 is 10.6 Å². The summed E-state index contributed by atoms with van der Waals surface area (Å²) in [6, 6.07) is 2.15. The van der Waals surface area contributed by atoms with Crippen molar-refractivity contribution in [3.8, 4) is 0 Å². The third kappa shape index (κ3) is 2.73. The van der Waals surface area contributed by atoms with Gasteiger partial charge in [0.2, 0.25) is 0 Å². The Balaban J connectivity index is 3.17. The maximum Gasteiger partial charge on any atom is 0.0448 e. The fourth-order valence-corrected chi connectivity index (χ4v) is 2.09. The Morgan fingerprint density at radius 2 is 2.00 bits per heavy atom. The van der Waals surface area contributed by atoms with E-state index >= 15 is 0 Å². The maximum atomic E-state index is 5.82. The standard InChI is InChI=1S/C13H23N3/c1-5-7-16(6-2)13-8-10(3)15-11(4)12(13)9-14/h8H,5-7,9,14H2,1-4H3. The van der Waals surface area contributed by atoms with E-state index in [1.54, 1.807) is 0 Å². The van der Waals surface area contributed by atoms with Crippen molar-refractivity contribution in [2.45, 2.75) is 40.7 Å². The molecule has 0 saturated heterocycles. The third-order valence-electron chi connectivity index (χ3n) is 2.86. The third-order valence-corrected chi connectivity index (χ3v) is 2.86. The van der Waals surface area contributed by atoms with E-state index in [0.29, 0.717) is 6.54 Å². The number of nitrogens with zero attached hydrogens (tertiary/aromatic N) is 2. The van der Waals surface area contributed by atoms with Gasteiger partial charge in [-0.05, 0) is 33.3 Å². The summed E-state index contributed by atoms with van der Waals surface area (Å²) in [5.41, 5.74) is 10.4. The second-order valence-electron chi connectivity index (χ2n) is 4.13. The zero-order valence-corrected chi connectivity index (χ0v) is 10.9. The Bertz CT molecular complexity index is 347. The first kappa shape index (κ1) is 13.0. The maximum absolute atomic E-state index is 5.82. The fraction of sp³-hybridized carbons (Fsp3) is 0.615. The number of hydrogen-bond donors (Lipinski definition) is 1. The molecule has 1 heterocycles. The van der Waals surface area contributed by atoms with Crippen LogP contribution in [0.5, 0.6) is 0 Å². The van der Waals surface area contributed by atoms with E-state index in [2.05, 4.69) is 29.8 Å². The average Bonchev–Trinajstić information content (AvgIpc) is 2.25. The number of anilines is 1. The van der Waals surface area contributed by atoms with Crippen molar-refractivity contribution in [1.82, 2.24) is 4.98 Å². The molecule has 2 N–H and O–H groups in total. The van der Waals surface area contributed by atoms with Gasteiger partial charge >= 0.3 is 0 Å². The molecule has 3 nitrogen and oxygen atoms in total. The lowest BCUT2D eigenvalue weighted by atomic mass is 10.1. The summed E-state index contributed by atoms with van der Waals surface area (Å²) in [5.74, 6) is 0. The molecule has 0 aliphatic heterocycles. The molecule has 0 bridgehead atoms. The van der Waals surface area contributed by atoms with E-state index < -0.39 is 0 Å². The molecule has 0 saturated carbocycles. The molecule has 0 fully saturated rings. The van der Waals surface area contributed by atoms with E-state index in [-0.39, 0.29) is 0 Å². The molecule has 3 heteroatoms. The first-order valence-corrected chi connectivity index (χ1v) is 6.06. The molecule has 0 radical (unpaired) electrons. The van der Waals surface area contributed by atoms with E-state index in [4.69, 9.17) is 5.73 Å². The van der Waals surface area contributed by atoms with Gasteiger partial charge in [0.25, 0.3) is 0 Å². The summed E-state index contributed by atoms with van der Waals surface area (Å²) in [6.07, 6.45) is 1.15. The lowest BCUT2D eigenvalue weighted by Crippen LogP contribution is -2.26. The van der Waals surface area contributed by atoms with Crippen LogP contribution in [0.4, 0.5) is 5.69 Å². The minimum atomic E-state index is 0.564. The highest BCUT2D eigenvalue weighted by Gasteiger charge is 2.11. The summed E-state index contributed by atoms with van der Waals surface area (Å²) in [7, 11) is 0. The highest BCUT2D eigenvalue weighted by atomic mass is 15.1. The normalized spacial score (nSPS) is 10.6. The molecule has 1 aromatic rings. The summed E-state index contributed by atoms with van der Waals surface area (Å²) in [6.45, 7) is 11.1. The van der Waals surface area contributed by atoms with E-state index in [1.165, 1.54) is 11.3 Å². The molecule has 0 aliphatic rings. The molecular weight excluding hydrogens is 198 g/mol. The predicted octanol–water partition coefficient (Wildman–Crippen LogP) is 2.39. The van der Waals surface area contributed by atoms with Crippen LogP contribution < -0.4 is 10.6 Å². The van der Waals surface area contributed by atoms with Crippen LogP contribution in [0.15, 0.2) is 6.07 Å². The number of pyridine rings is 1. The molecule has 1 rings (SSSR count). The number of aryl methyl sites for hydroxylation is 2. The van der Waals surface area contributed by atoms with Crippen LogP contribution in [0.3, 0.4) is 0 Å². The van der Waals surface area contributed by atoms with Crippen molar-refractivity contribution in [3.63, 3.8) is 0 Å². The molecule has 0 aliphatic carbocycles. The van der Waals surface area contributed by atoms with Crippen LogP contribution in [-0.4, -0.2) is 18.1 Å². The van der Waals surface area contributed by atoms with Crippen LogP contribution in [0, 0.1) is 13.8 Å². The van der Waals surface area contributed by atoms with Crippen LogP contribution in [-0.2, 0) is 6.54 Å². The molecule has 90 valence electrons. The van der Waals surface area contributed by atoms with Gasteiger partial charge in [-0.2, -0.15) is 0 Å². The van der Waals surface area contributed by atoms with Crippen molar-refractivity contribution < 1.29 is 0 Å². The molecule has 1 aromatic heterocycles.